The number of rotatable bonds is 6. The second-order valence-corrected chi connectivity index (χ2v) is 8.23. The molecule has 0 bridgehead atoms. The fraction of sp³-hybridized carbons (Fsp3) is 0.391. The maximum atomic E-state index is 8.88. The van der Waals surface area contributed by atoms with Crippen LogP contribution in [0.1, 0.15) is 48.4 Å². The molecule has 0 aliphatic heterocycles. The molecule has 152 valence electrons. The second-order valence-electron chi connectivity index (χ2n) is 8.23. The first-order valence-corrected chi connectivity index (χ1v) is 10.7. The minimum atomic E-state index is 0.470. The van der Waals surface area contributed by atoms with Gasteiger partial charge in [-0.1, -0.05) is 17.3 Å². The normalized spacial score (nSPS) is 19.3. The van der Waals surface area contributed by atoms with Gasteiger partial charge in [0.05, 0.1) is 17.3 Å². The maximum Gasteiger partial charge on any atom is 0.141 e. The number of H-pyrrole nitrogens is 1. The van der Waals surface area contributed by atoms with Gasteiger partial charge in [-0.25, -0.2) is 9.50 Å². The van der Waals surface area contributed by atoms with Crippen molar-refractivity contribution in [2.75, 3.05) is 13.1 Å². The van der Waals surface area contributed by atoms with Crippen molar-refractivity contribution in [3.8, 4) is 6.07 Å². The van der Waals surface area contributed by atoms with E-state index in [-0.39, 0.29) is 0 Å². The van der Waals surface area contributed by atoms with E-state index in [2.05, 4.69) is 37.7 Å². The zero-order chi connectivity index (χ0) is 20.3. The summed E-state index contributed by atoms with van der Waals surface area (Å²) in [6.07, 6.45) is 9.41. The van der Waals surface area contributed by atoms with Gasteiger partial charge in [-0.2, -0.15) is 5.26 Å². The van der Waals surface area contributed by atoms with Crippen LogP contribution in [0.2, 0.25) is 0 Å². The quantitative estimate of drug-likeness (QED) is 0.483. The Morgan fingerprint density at radius 2 is 1.97 bits per heavy atom. The molecule has 7 nitrogen and oxygen atoms in total. The number of nitriles is 1. The fourth-order valence-corrected chi connectivity index (χ4v) is 4.62. The zero-order valence-electron chi connectivity index (χ0n) is 16.9. The average molecular weight is 400 g/mol. The molecule has 0 spiro atoms. The van der Waals surface area contributed by atoms with E-state index in [0.717, 1.165) is 66.1 Å². The van der Waals surface area contributed by atoms with Gasteiger partial charge in [0.1, 0.15) is 17.5 Å². The lowest BCUT2D eigenvalue weighted by molar-refractivity contribution is 0.313. The number of nitrogens with one attached hydrogen (secondary N) is 2. The van der Waals surface area contributed by atoms with Crippen LogP contribution in [-0.4, -0.2) is 37.9 Å². The van der Waals surface area contributed by atoms with Gasteiger partial charge >= 0.3 is 0 Å². The molecule has 5 rings (SSSR count). The van der Waals surface area contributed by atoms with E-state index in [1.54, 1.807) is 6.33 Å². The molecule has 3 aromatic heterocycles. The highest BCUT2D eigenvalue weighted by Gasteiger charge is 2.26. The Morgan fingerprint density at radius 3 is 2.77 bits per heavy atom. The van der Waals surface area contributed by atoms with Crippen molar-refractivity contribution in [2.24, 2.45) is 5.92 Å². The Bertz CT molecular complexity index is 1170. The summed E-state index contributed by atoms with van der Waals surface area (Å²) in [7, 11) is 0. The number of nitrogens with zero attached hydrogens (tertiary/aromatic N) is 5. The molecule has 3 heterocycles. The van der Waals surface area contributed by atoms with Crippen molar-refractivity contribution in [1.82, 2.24) is 30.1 Å². The van der Waals surface area contributed by atoms with Crippen molar-refractivity contribution in [3.05, 3.63) is 59.7 Å². The largest absolute Gasteiger partial charge is 0.346 e. The van der Waals surface area contributed by atoms with E-state index in [9.17, 15) is 0 Å². The molecule has 0 amide bonds. The number of aromatic nitrogens is 5. The Morgan fingerprint density at radius 1 is 1.13 bits per heavy atom. The molecule has 0 atom stereocenters. The molecule has 1 aliphatic rings. The van der Waals surface area contributed by atoms with Gasteiger partial charge in [0.15, 0.2) is 0 Å². The van der Waals surface area contributed by atoms with Crippen LogP contribution in [0.5, 0.6) is 0 Å². The molecular weight excluding hydrogens is 374 g/mol. The molecule has 0 radical (unpaired) electrons. The lowest BCUT2D eigenvalue weighted by Gasteiger charge is -2.27. The SMILES string of the molecule is N#Cc1ccc(CCNCC2CCC(c3nnn4cnc5[nH]ccc5c34)CC2)cc1. The summed E-state index contributed by atoms with van der Waals surface area (Å²) in [5.41, 5.74) is 5.11. The lowest BCUT2D eigenvalue weighted by Crippen LogP contribution is -2.27. The van der Waals surface area contributed by atoms with Crippen molar-refractivity contribution in [1.29, 1.82) is 5.26 Å². The number of benzene rings is 1. The standard InChI is InChI=1S/C23H25N7/c24-13-17-3-1-16(2-4-17)9-11-25-14-18-5-7-19(8-6-18)21-22-20-10-12-26-23(20)27-15-30(22)29-28-21/h1-4,10,12,15,18-19,25-26H,5-9,11,14H2. The molecule has 0 unspecified atom stereocenters. The summed E-state index contributed by atoms with van der Waals surface area (Å²) in [5, 5.41) is 22.4. The summed E-state index contributed by atoms with van der Waals surface area (Å²) in [6, 6.07) is 12.1. The van der Waals surface area contributed by atoms with Gasteiger partial charge in [-0.3, -0.25) is 0 Å². The smallest absolute Gasteiger partial charge is 0.141 e. The fourth-order valence-electron chi connectivity index (χ4n) is 4.62. The van der Waals surface area contributed by atoms with Gasteiger partial charge in [0.25, 0.3) is 0 Å². The van der Waals surface area contributed by atoms with Crippen molar-refractivity contribution < 1.29 is 0 Å². The monoisotopic (exact) mass is 399 g/mol. The van der Waals surface area contributed by atoms with Crippen molar-refractivity contribution >= 4 is 16.6 Å². The van der Waals surface area contributed by atoms with Gasteiger partial charge in [-0.15, -0.1) is 5.10 Å². The van der Waals surface area contributed by atoms with E-state index in [4.69, 9.17) is 5.26 Å². The highest BCUT2D eigenvalue weighted by Crippen LogP contribution is 2.37. The van der Waals surface area contributed by atoms with E-state index in [1.807, 2.05) is 35.0 Å². The third-order valence-electron chi connectivity index (χ3n) is 6.34. The van der Waals surface area contributed by atoms with Gasteiger partial charge < -0.3 is 10.3 Å². The first-order chi connectivity index (χ1) is 14.8. The predicted molar refractivity (Wildman–Crippen MR) is 115 cm³/mol. The minimum absolute atomic E-state index is 0.470. The molecule has 2 N–H and O–H groups in total. The summed E-state index contributed by atoms with van der Waals surface area (Å²) in [4.78, 5) is 7.58. The molecule has 30 heavy (non-hydrogen) atoms. The minimum Gasteiger partial charge on any atom is -0.346 e. The Hall–Kier alpha value is -3.24. The molecule has 1 aliphatic carbocycles. The molecule has 1 saturated carbocycles. The topological polar surface area (TPSA) is 94.7 Å². The molecular formula is C23H25N7. The van der Waals surface area contributed by atoms with E-state index in [0.29, 0.717) is 5.92 Å². The van der Waals surface area contributed by atoms with Crippen LogP contribution in [-0.2, 0) is 6.42 Å². The van der Waals surface area contributed by atoms with Crippen LogP contribution in [0.15, 0.2) is 42.9 Å². The number of hydrogen-bond donors (Lipinski definition) is 2. The highest BCUT2D eigenvalue weighted by molar-refractivity contribution is 5.92. The summed E-state index contributed by atoms with van der Waals surface area (Å²) < 4.78 is 1.81. The van der Waals surface area contributed by atoms with E-state index >= 15 is 0 Å². The van der Waals surface area contributed by atoms with Crippen LogP contribution in [0.3, 0.4) is 0 Å². The number of hydrogen-bond acceptors (Lipinski definition) is 5. The highest BCUT2D eigenvalue weighted by atomic mass is 15.4. The van der Waals surface area contributed by atoms with Crippen LogP contribution in [0, 0.1) is 17.2 Å². The van der Waals surface area contributed by atoms with Gasteiger partial charge in [-0.05, 0) is 74.9 Å². The zero-order valence-corrected chi connectivity index (χ0v) is 16.9. The molecule has 0 saturated heterocycles. The number of aromatic amines is 1. The molecule has 4 aromatic rings. The Balaban J connectivity index is 1.14. The Kier molecular flexibility index (Phi) is 5.16. The van der Waals surface area contributed by atoms with E-state index in [1.165, 1.54) is 18.4 Å². The van der Waals surface area contributed by atoms with Gasteiger partial charge in [0.2, 0.25) is 0 Å². The van der Waals surface area contributed by atoms with Crippen LogP contribution in [0.25, 0.3) is 16.6 Å². The molecule has 1 fully saturated rings. The van der Waals surface area contributed by atoms with Crippen molar-refractivity contribution in [3.63, 3.8) is 0 Å². The third kappa shape index (κ3) is 3.66. The third-order valence-corrected chi connectivity index (χ3v) is 6.34. The van der Waals surface area contributed by atoms with Gasteiger partial charge in [0, 0.05) is 17.5 Å². The van der Waals surface area contributed by atoms with Crippen LogP contribution >= 0.6 is 0 Å². The first-order valence-electron chi connectivity index (χ1n) is 10.7. The first kappa shape index (κ1) is 18.8. The summed E-state index contributed by atoms with van der Waals surface area (Å²) >= 11 is 0. The van der Waals surface area contributed by atoms with Crippen LogP contribution < -0.4 is 5.32 Å². The summed E-state index contributed by atoms with van der Waals surface area (Å²) in [5.74, 6) is 1.19. The van der Waals surface area contributed by atoms with E-state index < -0.39 is 0 Å². The molecule has 1 aromatic carbocycles. The summed E-state index contributed by atoms with van der Waals surface area (Å²) in [6.45, 7) is 2.04. The molecule has 7 heteroatoms. The number of fused-ring (bicyclic) bond motifs is 3. The van der Waals surface area contributed by atoms with Crippen molar-refractivity contribution in [2.45, 2.75) is 38.0 Å². The maximum absolute atomic E-state index is 8.88. The average Bonchev–Trinajstić information content (AvgIpc) is 3.44. The Labute approximate surface area is 175 Å². The lowest BCUT2D eigenvalue weighted by atomic mass is 9.80. The predicted octanol–water partition coefficient (Wildman–Crippen LogP) is 3.58. The van der Waals surface area contributed by atoms with Crippen LogP contribution in [0.4, 0.5) is 0 Å². The second kappa shape index (κ2) is 8.25.